The molecule has 1 unspecified atom stereocenters. The number of fused-ring (bicyclic) bond motifs is 3. The van der Waals surface area contributed by atoms with Crippen LogP contribution in [-0.4, -0.2) is 47.0 Å². The van der Waals surface area contributed by atoms with Gasteiger partial charge in [0.1, 0.15) is 5.82 Å². The fourth-order valence-electron chi connectivity index (χ4n) is 6.69. The van der Waals surface area contributed by atoms with Crippen LogP contribution in [0.25, 0.3) is 11.0 Å². The maximum Gasteiger partial charge on any atom is 0.414 e. The molecule has 0 spiro atoms. The van der Waals surface area contributed by atoms with Gasteiger partial charge in [-0.1, -0.05) is 19.9 Å². The third-order valence-electron chi connectivity index (χ3n) is 8.74. The highest BCUT2D eigenvalue weighted by atomic mass is 19.1. The van der Waals surface area contributed by atoms with Crippen molar-refractivity contribution in [2.75, 3.05) is 19.1 Å². The summed E-state index contributed by atoms with van der Waals surface area (Å²) in [7, 11) is 2.84. The molecule has 1 fully saturated rings. The summed E-state index contributed by atoms with van der Waals surface area (Å²) < 4.78 is 27.5. The number of carboxylic acid groups (broad SMARTS) is 1. The number of aromatic nitrogens is 2. The minimum absolute atomic E-state index is 0.00376. The fourth-order valence-corrected chi connectivity index (χ4v) is 6.69. The highest BCUT2D eigenvalue weighted by Gasteiger charge is 2.36. The zero-order valence-corrected chi connectivity index (χ0v) is 23.8. The van der Waals surface area contributed by atoms with E-state index in [-0.39, 0.29) is 35.6 Å². The van der Waals surface area contributed by atoms with Gasteiger partial charge in [0.25, 0.3) is 0 Å². The third kappa shape index (κ3) is 4.80. The first-order valence-electron chi connectivity index (χ1n) is 14.1. The topological polar surface area (TPSA) is 93.9 Å². The number of ether oxygens (including phenoxy) is 2. The van der Waals surface area contributed by atoms with Crippen molar-refractivity contribution in [2.24, 2.45) is 11.8 Å². The Balaban J connectivity index is 1.71. The van der Waals surface area contributed by atoms with Gasteiger partial charge in [-0.25, -0.2) is 14.2 Å². The van der Waals surface area contributed by atoms with Gasteiger partial charge in [0.05, 0.1) is 36.9 Å². The SMILES string of the molecule is COC(=O)N1c2ccc3c(nc(C(c4ccc(OC)c(F)c4)C(C)C)n3C3CCC(C(=O)O)CC3)c2CC[C@@H]1C. The van der Waals surface area contributed by atoms with E-state index >= 15 is 0 Å². The van der Waals surface area contributed by atoms with Crippen molar-refractivity contribution in [3.63, 3.8) is 0 Å². The van der Waals surface area contributed by atoms with E-state index in [2.05, 4.69) is 18.4 Å². The fraction of sp³-hybridized carbons (Fsp3) is 0.516. The predicted molar refractivity (Wildman–Crippen MR) is 151 cm³/mol. The maximum atomic E-state index is 14.9. The number of amides is 1. The first kappa shape index (κ1) is 27.9. The molecule has 3 aromatic rings. The second-order valence-corrected chi connectivity index (χ2v) is 11.5. The number of hydrogen-bond donors (Lipinski definition) is 1. The molecule has 9 heteroatoms. The van der Waals surface area contributed by atoms with Crippen LogP contribution in [0.3, 0.4) is 0 Å². The molecule has 1 aromatic heterocycles. The van der Waals surface area contributed by atoms with Gasteiger partial charge in [-0.3, -0.25) is 9.69 Å². The van der Waals surface area contributed by atoms with Crippen molar-refractivity contribution < 1.29 is 28.6 Å². The molecule has 2 atom stereocenters. The molecule has 214 valence electrons. The van der Waals surface area contributed by atoms with Crippen LogP contribution in [0.4, 0.5) is 14.9 Å². The van der Waals surface area contributed by atoms with E-state index < -0.39 is 17.9 Å². The van der Waals surface area contributed by atoms with Crippen LogP contribution < -0.4 is 9.64 Å². The molecule has 0 bridgehead atoms. The van der Waals surface area contributed by atoms with Crippen molar-refractivity contribution in [1.29, 1.82) is 0 Å². The summed E-state index contributed by atoms with van der Waals surface area (Å²) in [6, 6.07) is 9.15. The number of hydrogen-bond acceptors (Lipinski definition) is 5. The average Bonchev–Trinajstić information content (AvgIpc) is 3.31. The monoisotopic (exact) mass is 551 g/mol. The molecule has 2 heterocycles. The zero-order chi connectivity index (χ0) is 28.7. The molecule has 1 N–H and O–H groups in total. The molecule has 1 saturated carbocycles. The maximum absolute atomic E-state index is 14.9. The number of carboxylic acids is 1. The van der Waals surface area contributed by atoms with Gasteiger partial charge in [-0.15, -0.1) is 0 Å². The Morgan fingerprint density at radius 1 is 1.07 bits per heavy atom. The van der Waals surface area contributed by atoms with Crippen LogP contribution in [0, 0.1) is 17.7 Å². The van der Waals surface area contributed by atoms with E-state index in [0.29, 0.717) is 12.8 Å². The molecular weight excluding hydrogens is 513 g/mol. The van der Waals surface area contributed by atoms with E-state index in [1.54, 1.807) is 11.0 Å². The lowest BCUT2D eigenvalue weighted by atomic mass is 9.84. The summed E-state index contributed by atoms with van der Waals surface area (Å²) in [6.45, 7) is 6.23. The van der Waals surface area contributed by atoms with Crippen LogP contribution in [0.5, 0.6) is 5.75 Å². The number of carbonyl (C=O) groups excluding carboxylic acids is 1. The van der Waals surface area contributed by atoms with Crippen LogP contribution in [-0.2, 0) is 16.0 Å². The lowest BCUT2D eigenvalue weighted by Crippen LogP contribution is -2.42. The van der Waals surface area contributed by atoms with Gasteiger partial charge in [0.15, 0.2) is 11.6 Å². The van der Waals surface area contributed by atoms with Crippen molar-refractivity contribution in [3.8, 4) is 5.75 Å². The zero-order valence-electron chi connectivity index (χ0n) is 23.8. The number of aryl methyl sites for hydroxylation is 1. The largest absolute Gasteiger partial charge is 0.494 e. The Morgan fingerprint density at radius 2 is 1.80 bits per heavy atom. The number of carbonyl (C=O) groups is 2. The lowest BCUT2D eigenvalue weighted by Gasteiger charge is -2.34. The summed E-state index contributed by atoms with van der Waals surface area (Å²) in [4.78, 5) is 31.4. The third-order valence-corrected chi connectivity index (χ3v) is 8.74. The van der Waals surface area contributed by atoms with E-state index in [0.717, 1.165) is 59.4 Å². The minimum atomic E-state index is -0.742. The van der Waals surface area contributed by atoms with Gasteiger partial charge >= 0.3 is 12.1 Å². The van der Waals surface area contributed by atoms with E-state index in [1.807, 2.05) is 25.1 Å². The highest BCUT2D eigenvalue weighted by molar-refractivity contribution is 5.95. The highest BCUT2D eigenvalue weighted by Crippen LogP contribution is 2.44. The van der Waals surface area contributed by atoms with Crippen LogP contribution in [0.2, 0.25) is 0 Å². The number of nitrogens with zero attached hydrogens (tertiary/aromatic N) is 3. The summed E-state index contributed by atoms with van der Waals surface area (Å²) in [6.07, 6.45) is 3.80. The molecule has 2 aromatic carbocycles. The van der Waals surface area contributed by atoms with Crippen molar-refractivity contribution in [3.05, 3.63) is 53.1 Å². The number of aliphatic carboxylic acids is 1. The smallest absolute Gasteiger partial charge is 0.414 e. The Kier molecular flexibility index (Phi) is 7.75. The molecule has 0 saturated heterocycles. The molecule has 2 aliphatic rings. The van der Waals surface area contributed by atoms with Crippen LogP contribution in [0.1, 0.15) is 81.8 Å². The molecule has 8 nitrogen and oxygen atoms in total. The second kappa shape index (κ2) is 11.1. The molecule has 1 aliphatic carbocycles. The Bertz CT molecular complexity index is 1430. The van der Waals surface area contributed by atoms with Gasteiger partial charge in [0.2, 0.25) is 0 Å². The van der Waals surface area contributed by atoms with Gasteiger partial charge in [-0.05, 0) is 81.2 Å². The predicted octanol–water partition coefficient (Wildman–Crippen LogP) is 6.70. The Hall–Kier alpha value is -3.62. The number of rotatable bonds is 6. The number of halogens is 1. The average molecular weight is 552 g/mol. The molecule has 1 aliphatic heterocycles. The van der Waals surface area contributed by atoms with Gasteiger partial charge < -0.3 is 19.1 Å². The Labute approximate surface area is 234 Å². The molecule has 0 radical (unpaired) electrons. The molecule has 40 heavy (non-hydrogen) atoms. The van der Waals surface area contributed by atoms with Gasteiger partial charge in [0, 0.05) is 23.6 Å². The van der Waals surface area contributed by atoms with Crippen LogP contribution >= 0.6 is 0 Å². The number of methoxy groups -OCH3 is 2. The summed E-state index contributed by atoms with van der Waals surface area (Å²) >= 11 is 0. The quantitative estimate of drug-likeness (QED) is 0.367. The number of anilines is 1. The van der Waals surface area contributed by atoms with Crippen molar-refractivity contribution in [2.45, 2.75) is 77.3 Å². The van der Waals surface area contributed by atoms with Crippen molar-refractivity contribution >= 4 is 28.8 Å². The van der Waals surface area contributed by atoms with Crippen molar-refractivity contribution in [1.82, 2.24) is 9.55 Å². The summed E-state index contributed by atoms with van der Waals surface area (Å²) in [5.74, 6) is -0.581. The number of benzene rings is 2. The van der Waals surface area contributed by atoms with E-state index in [9.17, 15) is 19.1 Å². The standard InChI is InChI=1S/C31H38FN3O5/c1-17(2)27(20-9-15-26(39-4)23(32)16-20)29-33-28-22-12-6-18(3)34(31(38)40-5)24(22)13-14-25(28)35(29)21-10-7-19(8-11-21)30(36)37/h9,13-19,21,27H,6-8,10-12H2,1-5H3,(H,36,37)/t18-,19?,21?,27?/m0/s1. The lowest BCUT2D eigenvalue weighted by molar-refractivity contribution is -0.143. The molecule has 1 amide bonds. The Morgan fingerprint density at radius 3 is 2.40 bits per heavy atom. The first-order chi connectivity index (χ1) is 19.2. The molecular formula is C31H38FN3O5. The summed E-state index contributed by atoms with van der Waals surface area (Å²) in [5.41, 5.74) is 4.42. The van der Waals surface area contributed by atoms with E-state index in [4.69, 9.17) is 14.5 Å². The van der Waals surface area contributed by atoms with E-state index in [1.165, 1.54) is 20.3 Å². The summed E-state index contributed by atoms with van der Waals surface area (Å²) in [5, 5.41) is 9.60. The normalized spacial score (nSPS) is 21.8. The molecule has 5 rings (SSSR count). The minimum Gasteiger partial charge on any atom is -0.494 e. The first-order valence-corrected chi connectivity index (χ1v) is 14.1. The van der Waals surface area contributed by atoms with Gasteiger partial charge in [-0.2, -0.15) is 0 Å². The second-order valence-electron chi connectivity index (χ2n) is 11.5. The number of imidazole rings is 1. The van der Waals surface area contributed by atoms with Crippen LogP contribution in [0.15, 0.2) is 30.3 Å².